The van der Waals surface area contributed by atoms with Crippen LogP contribution in [0.1, 0.15) is 6.42 Å². The Bertz CT molecular complexity index is 529. The third kappa shape index (κ3) is 2.29. The lowest BCUT2D eigenvalue weighted by Gasteiger charge is -2.12. The number of halogens is 1. The Labute approximate surface area is 106 Å². The van der Waals surface area contributed by atoms with Gasteiger partial charge >= 0.3 is 0 Å². The van der Waals surface area contributed by atoms with E-state index in [4.69, 9.17) is 0 Å². The van der Waals surface area contributed by atoms with Crippen molar-refractivity contribution in [2.45, 2.75) is 13.0 Å². The fourth-order valence-corrected chi connectivity index (χ4v) is 2.50. The molecule has 1 aromatic heterocycles. The lowest BCUT2D eigenvalue weighted by Crippen LogP contribution is -2.14. The average molecular weight is 245 g/mol. The topological polar surface area (TPSA) is 29.9 Å². The third-order valence-corrected chi connectivity index (χ3v) is 3.45. The summed E-state index contributed by atoms with van der Waals surface area (Å²) in [6, 6.07) is 6.67. The van der Waals surface area contributed by atoms with Crippen LogP contribution in [0.5, 0.6) is 0 Å². The molecule has 1 aliphatic rings. The molecule has 2 heterocycles. The SMILES string of the molecule is Fc1cccc(-c2cncn2CC2CCNC2)c1. The van der Waals surface area contributed by atoms with Gasteiger partial charge in [0, 0.05) is 12.1 Å². The predicted octanol–water partition coefficient (Wildman–Crippen LogP) is 2.30. The first-order valence-electron chi connectivity index (χ1n) is 6.30. The number of benzene rings is 1. The van der Waals surface area contributed by atoms with E-state index in [0.29, 0.717) is 5.92 Å². The van der Waals surface area contributed by atoms with Gasteiger partial charge in [0.25, 0.3) is 0 Å². The van der Waals surface area contributed by atoms with E-state index < -0.39 is 0 Å². The average Bonchev–Trinajstić information content (AvgIpc) is 3.01. The zero-order chi connectivity index (χ0) is 12.4. The van der Waals surface area contributed by atoms with E-state index in [1.54, 1.807) is 18.3 Å². The summed E-state index contributed by atoms with van der Waals surface area (Å²) in [4.78, 5) is 4.19. The maximum atomic E-state index is 13.3. The van der Waals surface area contributed by atoms with Crippen LogP contribution in [0, 0.1) is 11.7 Å². The molecule has 1 atom stereocenters. The number of nitrogens with one attached hydrogen (secondary N) is 1. The van der Waals surface area contributed by atoms with Crippen LogP contribution >= 0.6 is 0 Å². The molecule has 1 aromatic carbocycles. The first-order chi connectivity index (χ1) is 8.83. The van der Waals surface area contributed by atoms with E-state index >= 15 is 0 Å². The van der Waals surface area contributed by atoms with Crippen molar-refractivity contribution in [1.29, 1.82) is 0 Å². The predicted molar refractivity (Wildman–Crippen MR) is 68.6 cm³/mol. The molecule has 0 radical (unpaired) electrons. The minimum absolute atomic E-state index is 0.206. The van der Waals surface area contributed by atoms with Crippen LogP contribution in [0.15, 0.2) is 36.8 Å². The molecule has 1 fully saturated rings. The van der Waals surface area contributed by atoms with Crippen molar-refractivity contribution in [3.8, 4) is 11.3 Å². The molecule has 0 spiro atoms. The van der Waals surface area contributed by atoms with E-state index in [1.807, 2.05) is 12.4 Å². The maximum Gasteiger partial charge on any atom is 0.123 e. The number of imidazole rings is 1. The Kier molecular flexibility index (Phi) is 3.11. The van der Waals surface area contributed by atoms with E-state index in [9.17, 15) is 4.39 Å². The Balaban J connectivity index is 1.86. The second kappa shape index (κ2) is 4.90. The molecule has 1 saturated heterocycles. The summed E-state index contributed by atoms with van der Waals surface area (Å²) in [7, 11) is 0. The van der Waals surface area contributed by atoms with Crippen LogP contribution in [0.4, 0.5) is 4.39 Å². The molecule has 3 rings (SSSR count). The standard InChI is InChI=1S/C14H16FN3/c15-13-3-1-2-12(6-13)14-8-17-10-18(14)9-11-4-5-16-7-11/h1-3,6,8,10-11,16H,4-5,7,9H2. The Morgan fingerprint density at radius 1 is 1.44 bits per heavy atom. The van der Waals surface area contributed by atoms with Crippen LogP contribution in [0.3, 0.4) is 0 Å². The molecule has 1 N–H and O–H groups in total. The number of rotatable bonds is 3. The van der Waals surface area contributed by atoms with Crippen LogP contribution in [0.25, 0.3) is 11.3 Å². The van der Waals surface area contributed by atoms with Crippen molar-refractivity contribution in [3.63, 3.8) is 0 Å². The van der Waals surface area contributed by atoms with Crippen LogP contribution in [0.2, 0.25) is 0 Å². The van der Waals surface area contributed by atoms with Crippen molar-refractivity contribution in [3.05, 3.63) is 42.6 Å². The Morgan fingerprint density at radius 2 is 2.39 bits per heavy atom. The molecule has 94 valence electrons. The molecule has 0 aliphatic carbocycles. The highest BCUT2D eigenvalue weighted by Gasteiger charge is 2.16. The molecule has 0 bridgehead atoms. The summed E-state index contributed by atoms with van der Waals surface area (Å²) in [5.41, 5.74) is 1.87. The van der Waals surface area contributed by atoms with Gasteiger partial charge in [-0.25, -0.2) is 9.37 Å². The highest BCUT2D eigenvalue weighted by molar-refractivity contribution is 5.58. The Hall–Kier alpha value is -1.68. The van der Waals surface area contributed by atoms with Crippen LogP contribution < -0.4 is 5.32 Å². The maximum absolute atomic E-state index is 13.3. The van der Waals surface area contributed by atoms with Crippen LogP contribution in [-0.2, 0) is 6.54 Å². The van der Waals surface area contributed by atoms with Gasteiger partial charge in [0.05, 0.1) is 18.2 Å². The Morgan fingerprint density at radius 3 is 3.17 bits per heavy atom. The monoisotopic (exact) mass is 245 g/mol. The number of hydrogen-bond acceptors (Lipinski definition) is 2. The van der Waals surface area contributed by atoms with Gasteiger partial charge in [0.1, 0.15) is 5.82 Å². The largest absolute Gasteiger partial charge is 0.330 e. The summed E-state index contributed by atoms with van der Waals surface area (Å²) >= 11 is 0. The lowest BCUT2D eigenvalue weighted by atomic mass is 10.1. The van der Waals surface area contributed by atoms with Gasteiger partial charge in [-0.05, 0) is 37.6 Å². The first-order valence-corrected chi connectivity index (χ1v) is 6.30. The van der Waals surface area contributed by atoms with Gasteiger partial charge in [0.15, 0.2) is 0 Å². The summed E-state index contributed by atoms with van der Waals surface area (Å²) in [6.45, 7) is 3.09. The van der Waals surface area contributed by atoms with Gasteiger partial charge in [-0.1, -0.05) is 12.1 Å². The molecule has 2 aromatic rings. The van der Waals surface area contributed by atoms with Gasteiger partial charge < -0.3 is 9.88 Å². The normalized spacial score (nSPS) is 19.3. The smallest absolute Gasteiger partial charge is 0.123 e. The fourth-order valence-electron chi connectivity index (χ4n) is 2.50. The second-order valence-electron chi connectivity index (χ2n) is 4.80. The van der Waals surface area contributed by atoms with Gasteiger partial charge in [0.2, 0.25) is 0 Å². The van der Waals surface area contributed by atoms with Gasteiger partial charge in [-0.3, -0.25) is 0 Å². The molecule has 18 heavy (non-hydrogen) atoms. The van der Waals surface area contributed by atoms with Gasteiger partial charge in [-0.2, -0.15) is 0 Å². The van der Waals surface area contributed by atoms with E-state index in [2.05, 4.69) is 14.9 Å². The molecule has 0 saturated carbocycles. The molecule has 3 nitrogen and oxygen atoms in total. The van der Waals surface area contributed by atoms with E-state index in [1.165, 1.54) is 12.5 Å². The first kappa shape index (κ1) is 11.4. The zero-order valence-electron chi connectivity index (χ0n) is 10.1. The van der Waals surface area contributed by atoms with Gasteiger partial charge in [-0.15, -0.1) is 0 Å². The summed E-state index contributed by atoms with van der Waals surface area (Å²) in [5, 5.41) is 3.36. The molecule has 1 unspecified atom stereocenters. The number of hydrogen-bond donors (Lipinski definition) is 1. The molecular weight excluding hydrogens is 229 g/mol. The van der Waals surface area contributed by atoms with E-state index in [0.717, 1.165) is 30.9 Å². The van der Waals surface area contributed by atoms with Crippen LogP contribution in [-0.4, -0.2) is 22.6 Å². The third-order valence-electron chi connectivity index (χ3n) is 3.45. The molecule has 4 heteroatoms. The summed E-state index contributed by atoms with van der Waals surface area (Å²) in [6.07, 6.45) is 4.83. The van der Waals surface area contributed by atoms with Crippen molar-refractivity contribution >= 4 is 0 Å². The number of nitrogens with zero attached hydrogens (tertiary/aromatic N) is 2. The quantitative estimate of drug-likeness (QED) is 0.899. The highest BCUT2D eigenvalue weighted by Crippen LogP contribution is 2.22. The van der Waals surface area contributed by atoms with Crippen molar-refractivity contribution < 1.29 is 4.39 Å². The lowest BCUT2D eigenvalue weighted by molar-refractivity contribution is 0.484. The molecular formula is C14H16FN3. The highest BCUT2D eigenvalue weighted by atomic mass is 19.1. The minimum atomic E-state index is -0.206. The van der Waals surface area contributed by atoms with E-state index in [-0.39, 0.29) is 5.82 Å². The second-order valence-corrected chi connectivity index (χ2v) is 4.80. The zero-order valence-corrected chi connectivity index (χ0v) is 10.1. The minimum Gasteiger partial charge on any atom is -0.330 e. The van der Waals surface area contributed by atoms with Crippen molar-refractivity contribution in [1.82, 2.24) is 14.9 Å². The fraction of sp³-hybridized carbons (Fsp3) is 0.357. The number of aromatic nitrogens is 2. The molecule has 1 aliphatic heterocycles. The van der Waals surface area contributed by atoms with Crippen molar-refractivity contribution in [2.75, 3.05) is 13.1 Å². The summed E-state index contributed by atoms with van der Waals surface area (Å²) in [5.74, 6) is 0.439. The molecule has 0 amide bonds. The summed E-state index contributed by atoms with van der Waals surface area (Å²) < 4.78 is 15.4. The van der Waals surface area contributed by atoms with Crippen molar-refractivity contribution in [2.24, 2.45) is 5.92 Å².